The molecule has 0 unspecified atom stereocenters. The quantitative estimate of drug-likeness (QED) is 0.645. The normalized spacial score (nSPS) is 12.5. The maximum Gasteiger partial charge on any atom is 0.547 e. The first-order valence-corrected chi connectivity index (χ1v) is 3.57. The van der Waals surface area contributed by atoms with Crippen molar-refractivity contribution < 1.29 is 17.5 Å². The molecule has 1 heterocycles. The van der Waals surface area contributed by atoms with E-state index in [2.05, 4.69) is 9.68 Å². The first-order chi connectivity index (χ1) is 5.41. The van der Waals surface area contributed by atoms with Gasteiger partial charge in [0, 0.05) is 0 Å². The molecular formula is C6H8BF3NO-. The highest BCUT2D eigenvalue weighted by molar-refractivity contribution is 6.72. The van der Waals surface area contributed by atoms with Crippen molar-refractivity contribution in [3.8, 4) is 0 Å². The highest BCUT2D eigenvalue weighted by Crippen LogP contribution is 2.14. The van der Waals surface area contributed by atoms with Gasteiger partial charge in [-0.15, -0.1) is 0 Å². The lowest BCUT2D eigenvalue weighted by Crippen LogP contribution is -2.32. The fourth-order valence-corrected chi connectivity index (χ4v) is 0.730. The summed E-state index contributed by atoms with van der Waals surface area (Å²) in [5, 5.41) is 3.30. The molecule has 0 aromatic carbocycles. The SMILES string of the molecule is CC(C)c1cc([B-](F)(F)F)on1. The van der Waals surface area contributed by atoms with Gasteiger partial charge in [0.15, 0.2) is 0 Å². The van der Waals surface area contributed by atoms with Gasteiger partial charge >= 0.3 is 6.98 Å². The van der Waals surface area contributed by atoms with Crippen LogP contribution in [-0.4, -0.2) is 12.1 Å². The molecule has 6 heteroatoms. The average molecular weight is 178 g/mol. The smallest absolute Gasteiger partial charge is 0.443 e. The summed E-state index contributed by atoms with van der Waals surface area (Å²) in [6.07, 6.45) is 0. The van der Waals surface area contributed by atoms with Gasteiger partial charge in [0.05, 0.1) is 11.4 Å². The second kappa shape index (κ2) is 2.84. The minimum atomic E-state index is -5.04. The molecule has 0 fully saturated rings. The van der Waals surface area contributed by atoms with Crippen LogP contribution in [0.3, 0.4) is 0 Å². The number of nitrogens with zero attached hydrogens (tertiary/aromatic N) is 1. The van der Waals surface area contributed by atoms with E-state index in [0.717, 1.165) is 6.07 Å². The van der Waals surface area contributed by atoms with Crippen LogP contribution in [0.2, 0.25) is 0 Å². The Morgan fingerprint density at radius 3 is 2.25 bits per heavy atom. The average Bonchev–Trinajstić information content (AvgIpc) is 2.30. The van der Waals surface area contributed by atoms with Crippen LogP contribution >= 0.6 is 0 Å². The number of halogens is 3. The van der Waals surface area contributed by atoms with E-state index < -0.39 is 12.6 Å². The van der Waals surface area contributed by atoms with Crippen molar-refractivity contribution in [2.75, 3.05) is 0 Å². The summed E-state index contributed by atoms with van der Waals surface area (Å²) in [6.45, 7) is -1.53. The molecule has 0 atom stereocenters. The lowest BCUT2D eigenvalue weighted by atomic mass is 9.87. The molecule has 0 spiro atoms. The zero-order valence-corrected chi connectivity index (χ0v) is 6.72. The molecule has 0 radical (unpaired) electrons. The first kappa shape index (κ1) is 9.16. The Kier molecular flexibility index (Phi) is 2.17. The second-order valence-corrected chi connectivity index (χ2v) is 2.88. The monoisotopic (exact) mass is 178 g/mol. The van der Waals surface area contributed by atoms with Crippen molar-refractivity contribution in [2.24, 2.45) is 0 Å². The van der Waals surface area contributed by atoms with E-state index in [1.54, 1.807) is 13.8 Å². The Morgan fingerprint density at radius 2 is 2.00 bits per heavy atom. The maximum atomic E-state index is 12.0. The third kappa shape index (κ3) is 1.81. The minimum Gasteiger partial charge on any atom is -0.443 e. The molecule has 0 aliphatic rings. The van der Waals surface area contributed by atoms with Gasteiger partial charge in [-0.25, -0.2) is 0 Å². The molecule has 1 aromatic heterocycles. The molecule has 12 heavy (non-hydrogen) atoms. The van der Waals surface area contributed by atoms with E-state index in [0.29, 0.717) is 5.69 Å². The van der Waals surface area contributed by atoms with Crippen molar-refractivity contribution in [2.45, 2.75) is 19.8 Å². The van der Waals surface area contributed by atoms with Crippen LogP contribution < -0.4 is 5.66 Å². The number of hydrogen-bond donors (Lipinski definition) is 0. The number of rotatable bonds is 2. The summed E-state index contributed by atoms with van der Waals surface area (Å²) >= 11 is 0. The van der Waals surface area contributed by atoms with E-state index >= 15 is 0 Å². The third-order valence-electron chi connectivity index (χ3n) is 1.46. The van der Waals surface area contributed by atoms with Crippen LogP contribution in [0.5, 0.6) is 0 Å². The van der Waals surface area contributed by atoms with E-state index in [-0.39, 0.29) is 5.92 Å². The van der Waals surface area contributed by atoms with Crippen LogP contribution in [0.1, 0.15) is 25.5 Å². The van der Waals surface area contributed by atoms with E-state index in [1.807, 2.05) is 0 Å². The number of hydrogen-bond acceptors (Lipinski definition) is 2. The van der Waals surface area contributed by atoms with E-state index in [9.17, 15) is 12.9 Å². The molecule has 0 amide bonds. The van der Waals surface area contributed by atoms with Gasteiger partial charge in [-0.05, 0) is 12.0 Å². The molecule has 1 aromatic rings. The molecule has 68 valence electrons. The third-order valence-corrected chi connectivity index (χ3v) is 1.46. The van der Waals surface area contributed by atoms with Crippen LogP contribution in [0, 0.1) is 0 Å². The van der Waals surface area contributed by atoms with Crippen LogP contribution in [0.25, 0.3) is 0 Å². The molecule has 2 nitrogen and oxygen atoms in total. The first-order valence-electron chi connectivity index (χ1n) is 3.57. The van der Waals surface area contributed by atoms with Gasteiger partial charge in [-0.2, -0.15) is 0 Å². The van der Waals surface area contributed by atoms with Gasteiger partial charge in [-0.1, -0.05) is 19.0 Å². The molecule has 0 N–H and O–H groups in total. The summed E-state index contributed by atoms with van der Waals surface area (Å²) in [7, 11) is 0. The Labute approximate surface area is 67.8 Å². The molecular weight excluding hydrogens is 170 g/mol. The minimum absolute atomic E-state index is 0.0411. The fourth-order valence-electron chi connectivity index (χ4n) is 0.730. The van der Waals surface area contributed by atoms with Gasteiger partial charge in [0.2, 0.25) is 0 Å². The van der Waals surface area contributed by atoms with Gasteiger partial charge in [0.1, 0.15) is 0 Å². The highest BCUT2D eigenvalue weighted by Gasteiger charge is 2.31. The van der Waals surface area contributed by atoms with Gasteiger partial charge in [-0.3, -0.25) is 0 Å². The second-order valence-electron chi connectivity index (χ2n) is 2.88. The van der Waals surface area contributed by atoms with Crippen LogP contribution in [-0.2, 0) is 0 Å². The van der Waals surface area contributed by atoms with Crippen LogP contribution in [0.4, 0.5) is 12.9 Å². The van der Waals surface area contributed by atoms with Crippen molar-refractivity contribution in [1.82, 2.24) is 5.16 Å². The summed E-state index contributed by atoms with van der Waals surface area (Å²) < 4.78 is 40.1. The van der Waals surface area contributed by atoms with Crippen LogP contribution in [0.15, 0.2) is 10.6 Å². The summed E-state index contributed by atoms with van der Waals surface area (Å²) in [6, 6.07) is 0.949. The lowest BCUT2D eigenvalue weighted by Gasteiger charge is -2.07. The molecule has 0 saturated heterocycles. The maximum absolute atomic E-state index is 12.0. The van der Waals surface area contributed by atoms with E-state index in [4.69, 9.17) is 0 Å². The summed E-state index contributed by atoms with van der Waals surface area (Å²) in [4.78, 5) is 0. The van der Waals surface area contributed by atoms with Crippen molar-refractivity contribution in [1.29, 1.82) is 0 Å². The van der Waals surface area contributed by atoms with Crippen molar-refractivity contribution in [3.05, 3.63) is 11.8 Å². The Balaban J connectivity index is 2.92. The Bertz CT molecular complexity index is 268. The Morgan fingerprint density at radius 1 is 1.42 bits per heavy atom. The summed E-state index contributed by atoms with van der Waals surface area (Å²) in [5.41, 5.74) is -0.636. The highest BCUT2D eigenvalue weighted by atomic mass is 19.4. The molecule has 0 saturated carbocycles. The number of aromatic nitrogens is 1. The topological polar surface area (TPSA) is 26.0 Å². The molecule has 0 bridgehead atoms. The predicted octanol–water partition coefficient (Wildman–Crippen LogP) is 1.85. The van der Waals surface area contributed by atoms with Gasteiger partial charge in [0.25, 0.3) is 0 Å². The molecule has 0 aliphatic carbocycles. The van der Waals surface area contributed by atoms with Crippen molar-refractivity contribution in [3.63, 3.8) is 0 Å². The fraction of sp³-hybridized carbons (Fsp3) is 0.500. The lowest BCUT2D eigenvalue weighted by molar-refractivity contribution is 0.397. The van der Waals surface area contributed by atoms with Crippen molar-refractivity contribution >= 4 is 12.6 Å². The zero-order valence-electron chi connectivity index (χ0n) is 6.72. The standard InChI is InChI=1S/C6H8BF3NO/c1-4(2)5-3-6(12-11-5)7(8,9)10/h3-4H,1-2H3/q-1. The Hall–Kier alpha value is -0.935. The van der Waals surface area contributed by atoms with E-state index in [1.165, 1.54) is 0 Å². The summed E-state index contributed by atoms with van der Waals surface area (Å²) in [5.74, 6) is -0.0411. The zero-order chi connectivity index (χ0) is 9.35. The molecule has 0 aliphatic heterocycles. The largest absolute Gasteiger partial charge is 0.547 e. The molecule has 1 rings (SSSR count). The van der Waals surface area contributed by atoms with Gasteiger partial charge < -0.3 is 17.5 Å². The predicted molar refractivity (Wildman–Crippen MR) is 39.3 cm³/mol.